The first-order chi connectivity index (χ1) is 10.1. The van der Waals surface area contributed by atoms with Crippen LogP contribution in [0.3, 0.4) is 0 Å². The molecule has 0 aliphatic carbocycles. The molecule has 3 nitrogen and oxygen atoms in total. The van der Waals surface area contributed by atoms with Crippen LogP contribution in [0.1, 0.15) is 22.3 Å². The number of esters is 1. The normalized spacial score (nSPS) is 10.4. The Kier molecular flexibility index (Phi) is 5.48. The number of carbonyl (C=O) groups is 1. The third-order valence-electron chi connectivity index (χ3n) is 3.00. The molecule has 0 atom stereocenters. The number of benzene rings is 2. The minimum Gasteiger partial charge on any atom is -0.462 e. The molecule has 0 aromatic heterocycles. The molecule has 5 heteroatoms. The van der Waals surface area contributed by atoms with Crippen molar-refractivity contribution in [2.45, 2.75) is 12.8 Å². The third kappa shape index (κ3) is 4.38. The second kappa shape index (κ2) is 7.34. The van der Waals surface area contributed by atoms with Gasteiger partial charge in [-0.25, -0.2) is 4.79 Å². The van der Waals surface area contributed by atoms with Gasteiger partial charge in [0.15, 0.2) is 0 Å². The quantitative estimate of drug-likeness (QED) is 0.505. The first kappa shape index (κ1) is 15.7. The van der Waals surface area contributed by atoms with Gasteiger partial charge in [-0.2, -0.15) is 0 Å². The number of anilines is 1. The summed E-state index contributed by atoms with van der Waals surface area (Å²) in [5.74, 6) is -0.452. The largest absolute Gasteiger partial charge is 0.462 e. The van der Waals surface area contributed by atoms with Crippen LogP contribution in [0.4, 0.5) is 5.69 Å². The number of hydrogen-bond acceptors (Lipinski definition) is 3. The molecule has 0 aliphatic heterocycles. The number of halogens is 2. The van der Waals surface area contributed by atoms with Crippen molar-refractivity contribution >= 4 is 34.9 Å². The highest BCUT2D eigenvalue weighted by molar-refractivity contribution is 6.39. The lowest BCUT2D eigenvalue weighted by Crippen LogP contribution is -2.07. The SMILES string of the molecule is Nc1c(Cl)cc(C(=O)OCCCc2ccccc2)cc1Cl. The number of rotatable bonds is 5. The summed E-state index contributed by atoms with van der Waals surface area (Å²) in [6, 6.07) is 12.9. The summed E-state index contributed by atoms with van der Waals surface area (Å²) >= 11 is 11.8. The predicted octanol–water partition coefficient (Wildman–Crippen LogP) is 4.37. The van der Waals surface area contributed by atoms with Crippen molar-refractivity contribution < 1.29 is 9.53 Å². The molecule has 0 amide bonds. The molecule has 2 aromatic rings. The molecule has 0 fully saturated rings. The van der Waals surface area contributed by atoms with Gasteiger partial charge in [-0.15, -0.1) is 0 Å². The van der Waals surface area contributed by atoms with Crippen molar-refractivity contribution in [3.63, 3.8) is 0 Å². The molecule has 2 aromatic carbocycles. The molecular formula is C16H15Cl2NO2. The number of nitrogens with two attached hydrogens (primary N) is 1. The number of ether oxygens (including phenoxy) is 1. The highest BCUT2D eigenvalue weighted by Gasteiger charge is 2.12. The van der Waals surface area contributed by atoms with Gasteiger partial charge in [0, 0.05) is 0 Å². The number of aryl methyl sites for hydroxylation is 1. The van der Waals surface area contributed by atoms with E-state index in [1.54, 1.807) is 0 Å². The van der Waals surface area contributed by atoms with Crippen LogP contribution in [0.5, 0.6) is 0 Å². The molecule has 110 valence electrons. The van der Waals surface area contributed by atoms with Gasteiger partial charge in [0.2, 0.25) is 0 Å². The first-order valence-corrected chi connectivity index (χ1v) is 7.29. The van der Waals surface area contributed by atoms with Crippen LogP contribution in [-0.4, -0.2) is 12.6 Å². The standard InChI is InChI=1S/C16H15Cl2NO2/c17-13-9-12(10-14(18)15(13)19)16(20)21-8-4-7-11-5-2-1-3-6-11/h1-3,5-6,9-10H,4,7-8,19H2. The predicted molar refractivity (Wildman–Crippen MR) is 85.9 cm³/mol. The van der Waals surface area contributed by atoms with Gasteiger partial charge in [-0.1, -0.05) is 53.5 Å². The van der Waals surface area contributed by atoms with Crippen LogP contribution in [0.15, 0.2) is 42.5 Å². The Morgan fingerprint density at radius 2 is 1.71 bits per heavy atom. The van der Waals surface area contributed by atoms with E-state index in [4.69, 9.17) is 33.7 Å². The van der Waals surface area contributed by atoms with Crippen molar-refractivity contribution in [2.24, 2.45) is 0 Å². The van der Waals surface area contributed by atoms with E-state index >= 15 is 0 Å². The van der Waals surface area contributed by atoms with Crippen LogP contribution < -0.4 is 5.73 Å². The van der Waals surface area contributed by atoms with Gasteiger partial charge in [0.1, 0.15) is 0 Å². The second-order valence-corrected chi connectivity index (χ2v) is 5.39. The van der Waals surface area contributed by atoms with Gasteiger partial charge in [-0.05, 0) is 30.5 Å². The van der Waals surface area contributed by atoms with Crippen LogP contribution in [0, 0.1) is 0 Å². The molecular weight excluding hydrogens is 309 g/mol. The molecule has 2 N–H and O–H groups in total. The zero-order valence-corrected chi connectivity index (χ0v) is 12.8. The molecule has 0 unspecified atom stereocenters. The van der Waals surface area contributed by atoms with E-state index in [9.17, 15) is 4.79 Å². The zero-order chi connectivity index (χ0) is 15.2. The fourth-order valence-corrected chi connectivity index (χ4v) is 2.36. The Hall–Kier alpha value is -1.71. The van der Waals surface area contributed by atoms with Crippen LogP contribution in [-0.2, 0) is 11.2 Å². The van der Waals surface area contributed by atoms with Crippen LogP contribution in [0.25, 0.3) is 0 Å². The van der Waals surface area contributed by atoms with E-state index in [-0.39, 0.29) is 15.7 Å². The molecule has 2 rings (SSSR count). The van der Waals surface area contributed by atoms with Crippen molar-refractivity contribution in [1.82, 2.24) is 0 Å². The summed E-state index contributed by atoms with van der Waals surface area (Å²) in [7, 11) is 0. The van der Waals surface area contributed by atoms with Gasteiger partial charge < -0.3 is 10.5 Å². The summed E-state index contributed by atoms with van der Waals surface area (Å²) < 4.78 is 5.20. The average molecular weight is 324 g/mol. The maximum atomic E-state index is 11.9. The molecule has 0 bridgehead atoms. The summed E-state index contributed by atoms with van der Waals surface area (Å²) in [4.78, 5) is 11.9. The number of hydrogen-bond donors (Lipinski definition) is 1. The Labute approximate surface area is 133 Å². The lowest BCUT2D eigenvalue weighted by Gasteiger charge is -2.07. The molecule has 0 aliphatic rings. The van der Waals surface area contributed by atoms with E-state index in [1.165, 1.54) is 17.7 Å². The van der Waals surface area contributed by atoms with Crippen molar-refractivity contribution in [1.29, 1.82) is 0 Å². The molecule has 0 saturated heterocycles. The first-order valence-electron chi connectivity index (χ1n) is 6.53. The maximum absolute atomic E-state index is 11.9. The summed E-state index contributed by atoms with van der Waals surface area (Å²) in [6.45, 7) is 0.341. The van der Waals surface area contributed by atoms with Gasteiger partial charge in [0.25, 0.3) is 0 Å². The summed E-state index contributed by atoms with van der Waals surface area (Å²) in [6.07, 6.45) is 1.61. The Balaban J connectivity index is 1.85. The maximum Gasteiger partial charge on any atom is 0.338 e. The number of nitrogen functional groups attached to an aromatic ring is 1. The van der Waals surface area contributed by atoms with E-state index in [1.807, 2.05) is 30.3 Å². The summed E-state index contributed by atoms with van der Waals surface area (Å²) in [5.41, 5.74) is 7.40. The Morgan fingerprint density at radius 1 is 1.10 bits per heavy atom. The smallest absolute Gasteiger partial charge is 0.338 e. The summed E-state index contributed by atoms with van der Waals surface area (Å²) in [5, 5.41) is 0.498. The second-order valence-electron chi connectivity index (χ2n) is 4.58. The van der Waals surface area contributed by atoms with Crippen molar-refractivity contribution in [3.8, 4) is 0 Å². The Morgan fingerprint density at radius 3 is 2.33 bits per heavy atom. The number of carbonyl (C=O) groups excluding carboxylic acids is 1. The van der Waals surface area contributed by atoms with E-state index in [2.05, 4.69) is 0 Å². The van der Waals surface area contributed by atoms with E-state index < -0.39 is 5.97 Å². The van der Waals surface area contributed by atoms with Gasteiger partial charge in [-0.3, -0.25) is 0 Å². The average Bonchev–Trinajstić information content (AvgIpc) is 2.49. The van der Waals surface area contributed by atoms with Crippen LogP contribution in [0.2, 0.25) is 10.0 Å². The molecule has 0 spiro atoms. The third-order valence-corrected chi connectivity index (χ3v) is 3.63. The highest BCUT2D eigenvalue weighted by atomic mass is 35.5. The van der Waals surface area contributed by atoms with Crippen molar-refractivity contribution in [2.75, 3.05) is 12.3 Å². The van der Waals surface area contributed by atoms with E-state index in [0.29, 0.717) is 12.2 Å². The molecule has 21 heavy (non-hydrogen) atoms. The fraction of sp³-hybridized carbons (Fsp3) is 0.188. The minimum atomic E-state index is -0.452. The van der Waals surface area contributed by atoms with E-state index in [0.717, 1.165) is 12.8 Å². The fourth-order valence-electron chi connectivity index (χ4n) is 1.87. The minimum absolute atomic E-state index is 0.249. The zero-order valence-electron chi connectivity index (χ0n) is 11.3. The monoisotopic (exact) mass is 323 g/mol. The van der Waals surface area contributed by atoms with Gasteiger partial charge >= 0.3 is 5.97 Å². The molecule has 0 radical (unpaired) electrons. The highest BCUT2D eigenvalue weighted by Crippen LogP contribution is 2.29. The van der Waals surface area contributed by atoms with Crippen LogP contribution >= 0.6 is 23.2 Å². The van der Waals surface area contributed by atoms with Crippen molar-refractivity contribution in [3.05, 3.63) is 63.6 Å². The lowest BCUT2D eigenvalue weighted by molar-refractivity contribution is 0.0500. The molecule has 0 heterocycles. The molecule has 0 saturated carbocycles. The van der Waals surface area contributed by atoms with Gasteiger partial charge in [0.05, 0.1) is 27.9 Å². The Bertz CT molecular complexity index is 606. The lowest BCUT2D eigenvalue weighted by atomic mass is 10.1. The topological polar surface area (TPSA) is 52.3 Å².